The van der Waals surface area contributed by atoms with E-state index in [4.69, 9.17) is 16.3 Å². The number of alkyl halides is 3. The van der Waals surface area contributed by atoms with E-state index < -0.39 is 23.9 Å². The van der Waals surface area contributed by atoms with Gasteiger partial charge in [0.05, 0.1) is 5.56 Å². The van der Waals surface area contributed by atoms with Crippen LogP contribution in [-0.2, 0) is 10.9 Å². The average molecular weight is 373 g/mol. The first kappa shape index (κ1) is 19.1. The van der Waals surface area contributed by atoms with Gasteiger partial charge in [-0.15, -0.1) is 0 Å². The number of ether oxygens (including phenoxy) is 1. The second-order valence-electron chi connectivity index (χ2n) is 5.16. The molecule has 0 heterocycles. The summed E-state index contributed by atoms with van der Waals surface area (Å²) >= 11 is 6.09. The number of benzene rings is 2. The molecule has 4 nitrogen and oxygen atoms in total. The van der Waals surface area contributed by atoms with Crippen molar-refractivity contribution in [3.63, 3.8) is 0 Å². The lowest BCUT2D eigenvalue weighted by Crippen LogP contribution is -2.33. The molecule has 0 saturated carbocycles. The fourth-order valence-electron chi connectivity index (χ4n) is 2.16. The maximum absolute atomic E-state index is 12.5. The standard InChI is InChI=1S/C17H16ClF3N2O2/c1-25-15(13-4-2-3-5-14(13)18)10-22-16(24)23-12-8-6-11(7-9-12)17(19,20)21/h2-9,15H,10H2,1H3,(H2,22,23,24). The van der Waals surface area contributed by atoms with E-state index in [0.717, 1.165) is 17.7 Å². The van der Waals surface area contributed by atoms with Crippen molar-refractivity contribution in [2.45, 2.75) is 12.3 Å². The Morgan fingerprint density at radius 1 is 1.16 bits per heavy atom. The highest BCUT2D eigenvalue weighted by atomic mass is 35.5. The Kier molecular flexibility index (Phi) is 6.27. The number of amides is 2. The number of nitrogens with one attached hydrogen (secondary N) is 2. The van der Waals surface area contributed by atoms with Crippen molar-refractivity contribution in [1.29, 1.82) is 0 Å². The van der Waals surface area contributed by atoms with Crippen LogP contribution in [0.3, 0.4) is 0 Å². The van der Waals surface area contributed by atoms with Crippen LogP contribution in [0.4, 0.5) is 23.7 Å². The summed E-state index contributed by atoms with van der Waals surface area (Å²) in [5.74, 6) is 0. The van der Waals surface area contributed by atoms with Gasteiger partial charge in [-0.25, -0.2) is 4.79 Å². The molecule has 2 rings (SSSR count). The van der Waals surface area contributed by atoms with Crippen LogP contribution in [0, 0.1) is 0 Å². The third-order valence-electron chi connectivity index (χ3n) is 3.45. The summed E-state index contributed by atoms with van der Waals surface area (Å²) in [6, 6.07) is 10.7. The molecule has 2 aromatic carbocycles. The van der Waals surface area contributed by atoms with Crippen molar-refractivity contribution >= 4 is 23.3 Å². The van der Waals surface area contributed by atoms with E-state index in [9.17, 15) is 18.0 Å². The van der Waals surface area contributed by atoms with Crippen LogP contribution in [0.2, 0.25) is 5.02 Å². The largest absolute Gasteiger partial charge is 0.416 e. The average Bonchev–Trinajstić information content (AvgIpc) is 2.56. The molecule has 134 valence electrons. The second kappa shape index (κ2) is 8.22. The lowest BCUT2D eigenvalue weighted by Gasteiger charge is -2.18. The Morgan fingerprint density at radius 2 is 1.80 bits per heavy atom. The van der Waals surface area contributed by atoms with Gasteiger partial charge in [-0.1, -0.05) is 29.8 Å². The molecule has 0 spiro atoms. The van der Waals surface area contributed by atoms with Crippen molar-refractivity contribution in [3.8, 4) is 0 Å². The Balaban J connectivity index is 1.92. The molecule has 0 radical (unpaired) electrons. The molecule has 25 heavy (non-hydrogen) atoms. The normalized spacial score (nSPS) is 12.5. The molecule has 8 heteroatoms. The van der Waals surface area contributed by atoms with Gasteiger partial charge in [-0.3, -0.25) is 0 Å². The number of methoxy groups -OCH3 is 1. The van der Waals surface area contributed by atoms with E-state index in [0.29, 0.717) is 5.02 Å². The summed E-state index contributed by atoms with van der Waals surface area (Å²) in [7, 11) is 1.49. The number of urea groups is 1. The molecule has 0 bridgehead atoms. The summed E-state index contributed by atoms with van der Waals surface area (Å²) in [6.07, 6.45) is -4.87. The minimum absolute atomic E-state index is 0.146. The van der Waals surface area contributed by atoms with Gasteiger partial charge in [0.25, 0.3) is 0 Å². The van der Waals surface area contributed by atoms with E-state index in [1.54, 1.807) is 24.3 Å². The predicted molar refractivity (Wildman–Crippen MR) is 89.7 cm³/mol. The van der Waals surface area contributed by atoms with Crippen LogP contribution in [0.1, 0.15) is 17.2 Å². The molecule has 0 aliphatic carbocycles. The first-order chi connectivity index (χ1) is 11.8. The van der Waals surface area contributed by atoms with Gasteiger partial charge in [-0.2, -0.15) is 13.2 Å². The van der Waals surface area contributed by atoms with Crippen LogP contribution >= 0.6 is 11.6 Å². The van der Waals surface area contributed by atoms with Crippen molar-refractivity contribution in [1.82, 2.24) is 5.32 Å². The van der Waals surface area contributed by atoms with Crippen molar-refractivity contribution in [3.05, 3.63) is 64.7 Å². The van der Waals surface area contributed by atoms with Gasteiger partial charge in [-0.05, 0) is 30.3 Å². The van der Waals surface area contributed by atoms with Gasteiger partial charge in [0, 0.05) is 29.9 Å². The molecular formula is C17H16ClF3N2O2. The number of hydrogen-bond acceptors (Lipinski definition) is 2. The van der Waals surface area contributed by atoms with E-state index in [1.807, 2.05) is 0 Å². The molecule has 0 aliphatic heterocycles. The molecule has 1 atom stereocenters. The summed E-state index contributed by atoms with van der Waals surface area (Å²) in [4.78, 5) is 11.9. The van der Waals surface area contributed by atoms with Gasteiger partial charge in [0.15, 0.2) is 0 Å². The number of rotatable bonds is 5. The molecule has 0 saturated heterocycles. The SMILES string of the molecule is COC(CNC(=O)Nc1ccc(C(F)(F)F)cc1)c1ccccc1Cl. The van der Waals surface area contributed by atoms with Gasteiger partial charge < -0.3 is 15.4 Å². The molecule has 0 aliphatic rings. The number of hydrogen-bond donors (Lipinski definition) is 2. The Bertz CT molecular complexity index is 721. The van der Waals surface area contributed by atoms with Crippen molar-refractivity contribution in [2.24, 2.45) is 0 Å². The Morgan fingerprint density at radius 3 is 2.36 bits per heavy atom. The topological polar surface area (TPSA) is 50.4 Å². The van der Waals surface area contributed by atoms with Crippen LogP contribution in [-0.4, -0.2) is 19.7 Å². The minimum Gasteiger partial charge on any atom is -0.375 e. The summed E-state index contributed by atoms with van der Waals surface area (Å²) < 4.78 is 42.8. The fraction of sp³-hybridized carbons (Fsp3) is 0.235. The number of carbonyl (C=O) groups excluding carboxylic acids is 1. The van der Waals surface area contributed by atoms with Crippen LogP contribution < -0.4 is 10.6 Å². The third-order valence-corrected chi connectivity index (χ3v) is 3.80. The van der Waals surface area contributed by atoms with E-state index >= 15 is 0 Å². The maximum atomic E-state index is 12.5. The van der Waals surface area contributed by atoms with Crippen LogP contribution in [0.15, 0.2) is 48.5 Å². The van der Waals surface area contributed by atoms with E-state index in [-0.39, 0.29) is 12.2 Å². The molecule has 2 aromatic rings. The number of anilines is 1. The molecule has 1 unspecified atom stereocenters. The summed E-state index contributed by atoms with van der Waals surface area (Å²) in [5, 5.41) is 5.57. The van der Waals surface area contributed by atoms with Crippen LogP contribution in [0.5, 0.6) is 0 Å². The summed E-state index contributed by atoms with van der Waals surface area (Å²) in [6.45, 7) is 0.146. The fourth-order valence-corrected chi connectivity index (χ4v) is 2.42. The zero-order valence-corrected chi connectivity index (χ0v) is 14.0. The maximum Gasteiger partial charge on any atom is 0.416 e. The molecule has 2 N–H and O–H groups in total. The van der Waals surface area contributed by atoms with E-state index in [2.05, 4.69) is 10.6 Å². The lowest BCUT2D eigenvalue weighted by atomic mass is 10.1. The quantitative estimate of drug-likeness (QED) is 0.786. The smallest absolute Gasteiger partial charge is 0.375 e. The minimum atomic E-state index is -4.42. The Hall–Kier alpha value is -2.25. The highest BCUT2D eigenvalue weighted by molar-refractivity contribution is 6.31. The zero-order chi connectivity index (χ0) is 18.4. The predicted octanol–water partition coefficient (Wildman–Crippen LogP) is 4.87. The Labute approximate surface area is 147 Å². The lowest BCUT2D eigenvalue weighted by molar-refractivity contribution is -0.137. The molecular weight excluding hydrogens is 357 g/mol. The molecule has 0 aromatic heterocycles. The van der Waals surface area contributed by atoms with Crippen LogP contribution in [0.25, 0.3) is 0 Å². The highest BCUT2D eigenvalue weighted by Crippen LogP contribution is 2.29. The molecule has 0 fully saturated rings. The second-order valence-corrected chi connectivity index (χ2v) is 5.56. The first-order valence-corrected chi connectivity index (χ1v) is 7.68. The molecule has 2 amide bonds. The van der Waals surface area contributed by atoms with E-state index in [1.165, 1.54) is 19.2 Å². The highest BCUT2D eigenvalue weighted by Gasteiger charge is 2.30. The number of halogens is 4. The summed E-state index contributed by atoms with van der Waals surface area (Å²) in [5.41, 5.74) is 0.190. The third kappa shape index (κ3) is 5.37. The van der Waals surface area contributed by atoms with Gasteiger partial charge in [0.1, 0.15) is 6.10 Å². The van der Waals surface area contributed by atoms with Crippen molar-refractivity contribution in [2.75, 3.05) is 19.0 Å². The monoisotopic (exact) mass is 372 g/mol. The zero-order valence-electron chi connectivity index (χ0n) is 13.2. The number of carbonyl (C=O) groups is 1. The van der Waals surface area contributed by atoms with Gasteiger partial charge in [0.2, 0.25) is 0 Å². The van der Waals surface area contributed by atoms with Gasteiger partial charge >= 0.3 is 12.2 Å². The first-order valence-electron chi connectivity index (χ1n) is 7.30. The van der Waals surface area contributed by atoms with Crippen molar-refractivity contribution < 1.29 is 22.7 Å².